The number of nitrogens with zero attached hydrogens (tertiary/aromatic N) is 2. The fourth-order valence-corrected chi connectivity index (χ4v) is 1.87. The van der Waals surface area contributed by atoms with Crippen LogP contribution in [0.15, 0.2) is 12.5 Å². The lowest BCUT2D eigenvalue weighted by atomic mass is 10.1. The Hall–Kier alpha value is -1.32. The smallest absolute Gasteiger partial charge is 0.223 e. The highest BCUT2D eigenvalue weighted by Crippen LogP contribution is 2.06. The van der Waals surface area contributed by atoms with E-state index in [-0.39, 0.29) is 12.3 Å². The molecule has 1 aromatic rings. The molecule has 96 valence electrons. The monoisotopic (exact) mass is 237 g/mol. The summed E-state index contributed by atoms with van der Waals surface area (Å²) in [5.41, 5.74) is 5.88. The van der Waals surface area contributed by atoms with Gasteiger partial charge in [0.1, 0.15) is 0 Å². The van der Waals surface area contributed by atoms with Crippen molar-refractivity contribution in [1.82, 2.24) is 9.55 Å². The number of carbonyl (C=O) groups excluding carboxylic acids is 1. The Morgan fingerprint density at radius 2 is 2.00 bits per heavy atom. The first kappa shape index (κ1) is 13.7. The van der Waals surface area contributed by atoms with E-state index >= 15 is 0 Å². The zero-order valence-corrected chi connectivity index (χ0v) is 10.7. The number of nitrogens with two attached hydrogens (primary N) is 1. The number of rotatable bonds is 9. The van der Waals surface area contributed by atoms with Gasteiger partial charge >= 0.3 is 0 Å². The fourth-order valence-electron chi connectivity index (χ4n) is 1.87. The maximum Gasteiger partial charge on any atom is 0.223 e. The molecule has 1 aromatic heterocycles. The number of amides is 1. The van der Waals surface area contributed by atoms with Crippen LogP contribution in [0.3, 0.4) is 0 Å². The molecule has 4 heteroatoms. The normalized spacial score (nSPS) is 10.6. The van der Waals surface area contributed by atoms with E-state index in [1.54, 1.807) is 6.33 Å². The SMILES string of the molecule is CCCCCCCCn1cnc(CC(N)=O)c1. The number of hydrogen-bond acceptors (Lipinski definition) is 2. The largest absolute Gasteiger partial charge is 0.369 e. The van der Waals surface area contributed by atoms with Gasteiger partial charge in [0, 0.05) is 12.7 Å². The van der Waals surface area contributed by atoms with Crippen LogP contribution in [0.1, 0.15) is 51.1 Å². The Bertz CT molecular complexity index is 333. The van der Waals surface area contributed by atoms with Gasteiger partial charge in [-0.3, -0.25) is 4.79 Å². The van der Waals surface area contributed by atoms with E-state index < -0.39 is 0 Å². The van der Waals surface area contributed by atoms with Crippen molar-refractivity contribution in [2.75, 3.05) is 0 Å². The molecule has 0 bridgehead atoms. The number of aryl methyl sites for hydroxylation is 1. The molecule has 0 atom stereocenters. The molecule has 1 rings (SSSR count). The van der Waals surface area contributed by atoms with Crippen molar-refractivity contribution < 1.29 is 4.79 Å². The highest BCUT2D eigenvalue weighted by molar-refractivity contribution is 5.75. The van der Waals surface area contributed by atoms with Crippen LogP contribution in [-0.4, -0.2) is 15.5 Å². The molecule has 0 aromatic carbocycles. The minimum atomic E-state index is -0.324. The predicted octanol–water partition coefficient (Wildman–Crippen LogP) is 2.27. The Morgan fingerprint density at radius 1 is 1.29 bits per heavy atom. The highest BCUT2D eigenvalue weighted by Gasteiger charge is 2.02. The van der Waals surface area contributed by atoms with Crippen LogP contribution in [0.2, 0.25) is 0 Å². The van der Waals surface area contributed by atoms with Gasteiger partial charge in [-0.05, 0) is 6.42 Å². The summed E-state index contributed by atoms with van der Waals surface area (Å²) in [6.07, 6.45) is 11.7. The van der Waals surface area contributed by atoms with Crippen molar-refractivity contribution in [2.24, 2.45) is 5.73 Å². The Morgan fingerprint density at radius 3 is 2.71 bits per heavy atom. The first-order valence-electron chi connectivity index (χ1n) is 6.51. The van der Waals surface area contributed by atoms with Crippen LogP contribution in [0.25, 0.3) is 0 Å². The van der Waals surface area contributed by atoms with Gasteiger partial charge in [0.05, 0.1) is 18.4 Å². The van der Waals surface area contributed by atoms with Gasteiger partial charge < -0.3 is 10.3 Å². The summed E-state index contributed by atoms with van der Waals surface area (Å²) in [7, 11) is 0. The van der Waals surface area contributed by atoms with Crippen LogP contribution in [0.5, 0.6) is 0 Å². The average molecular weight is 237 g/mol. The van der Waals surface area contributed by atoms with Gasteiger partial charge in [0.25, 0.3) is 0 Å². The van der Waals surface area contributed by atoms with Crippen LogP contribution in [0, 0.1) is 0 Å². The van der Waals surface area contributed by atoms with Gasteiger partial charge in [0.15, 0.2) is 0 Å². The van der Waals surface area contributed by atoms with Gasteiger partial charge in [0.2, 0.25) is 5.91 Å². The molecule has 0 aliphatic rings. The number of aromatic nitrogens is 2. The average Bonchev–Trinajstić information content (AvgIpc) is 2.70. The van der Waals surface area contributed by atoms with Crippen LogP contribution < -0.4 is 5.73 Å². The van der Waals surface area contributed by atoms with E-state index in [1.807, 2.05) is 10.8 Å². The number of carbonyl (C=O) groups is 1. The quantitative estimate of drug-likeness (QED) is 0.670. The van der Waals surface area contributed by atoms with E-state index in [0.717, 1.165) is 12.2 Å². The minimum absolute atomic E-state index is 0.240. The summed E-state index contributed by atoms with van der Waals surface area (Å²) in [5.74, 6) is -0.324. The molecule has 1 heterocycles. The van der Waals surface area contributed by atoms with E-state index in [2.05, 4.69) is 11.9 Å². The van der Waals surface area contributed by atoms with Crippen molar-refractivity contribution in [3.8, 4) is 0 Å². The standard InChI is InChI=1S/C13H23N3O/c1-2-3-4-5-6-7-8-16-10-12(15-11-16)9-13(14)17/h10-11H,2-9H2,1H3,(H2,14,17). The Kier molecular flexibility index (Phi) is 6.37. The van der Waals surface area contributed by atoms with Gasteiger partial charge in [-0.15, -0.1) is 0 Å². The maximum absolute atomic E-state index is 10.7. The van der Waals surface area contributed by atoms with Gasteiger partial charge in [-0.25, -0.2) is 4.98 Å². The molecule has 4 nitrogen and oxygen atoms in total. The third-order valence-electron chi connectivity index (χ3n) is 2.81. The molecular formula is C13H23N3O. The molecule has 0 fully saturated rings. The lowest BCUT2D eigenvalue weighted by molar-refractivity contribution is -0.117. The third-order valence-corrected chi connectivity index (χ3v) is 2.81. The summed E-state index contributed by atoms with van der Waals surface area (Å²) < 4.78 is 2.04. The second-order valence-corrected chi connectivity index (χ2v) is 4.51. The molecule has 0 aliphatic carbocycles. The molecule has 0 aliphatic heterocycles. The summed E-state index contributed by atoms with van der Waals surface area (Å²) in [4.78, 5) is 14.9. The summed E-state index contributed by atoms with van der Waals surface area (Å²) in [6.45, 7) is 3.21. The lowest BCUT2D eigenvalue weighted by Crippen LogP contribution is -2.13. The molecule has 0 saturated carbocycles. The van der Waals surface area contributed by atoms with Crippen molar-refractivity contribution in [1.29, 1.82) is 0 Å². The maximum atomic E-state index is 10.7. The molecule has 17 heavy (non-hydrogen) atoms. The zero-order valence-electron chi connectivity index (χ0n) is 10.7. The second kappa shape index (κ2) is 7.87. The van der Waals surface area contributed by atoms with Crippen molar-refractivity contribution in [3.63, 3.8) is 0 Å². The van der Waals surface area contributed by atoms with Crippen LogP contribution in [0.4, 0.5) is 0 Å². The van der Waals surface area contributed by atoms with Gasteiger partial charge in [-0.2, -0.15) is 0 Å². The van der Waals surface area contributed by atoms with Gasteiger partial charge in [-0.1, -0.05) is 39.0 Å². The Labute approximate surface area is 103 Å². The highest BCUT2D eigenvalue weighted by atomic mass is 16.1. The van der Waals surface area contributed by atoms with E-state index in [0.29, 0.717) is 0 Å². The summed E-state index contributed by atoms with van der Waals surface area (Å²) >= 11 is 0. The topological polar surface area (TPSA) is 60.9 Å². The van der Waals surface area contributed by atoms with E-state index in [1.165, 1.54) is 38.5 Å². The first-order valence-corrected chi connectivity index (χ1v) is 6.51. The van der Waals surface area contributed by atoms with Crippen molar-refractivity contribution in [2.45, 2.75) is 58.4 Å². The fraction of sp³-hybridized carbons (Fsp3) is 0.692. The van der Waals surface area contributed by atoms with Crippen LogP contribution in [-0.2, 0) is 17.8 Å². The number of imidazole rings is 1. The summed E-state index contributed by atoms with van der Waals surface area (Å²) in [6, 6.07) is 0. The molecule has 1 amide bonds. The molecule has 0 saturated heterocycles. The van der Waals surface area contributed by atoms with Crippen LogP contribution >= 0.6 is 0 Å². The zero-order chi connectivity index (χ0) is 12.5. The molecular weight excluding hydrogens is 214 g/mol. The molecule has 0 unspecified atom stereocenters. The first-order chi connectivity index (χ1) is 8.22. The van der Waals surface area contributed by atoms with E-state index in [4.69, 9.17) is 5.73 Å². The molecule has 0 spiro atoms. The lowest BCUT2D eigenvalue weighted by Gasteiger charge is -2.01. The van der Waals surface area contributed by atoms with Crippen molar-refractivity contribution in [3.05, 3.63) is 18.2 Å². The molecule has 2 N–H and O–H groups in total. The predicted molar refractivity (Wildman–Crippen MR) is 68.5 cm³/mol. The minimum Gasteiger partial charge on any atom is -0.369 e. The van der Waals surface area contributed by atoms with Crippen molar-refractivity contribution >= 4 is 5.91 Å². The third kappa shape index (κ3) is 6.09. The Balaban J connectivity index is 2.14. The number of primary amides is 1. The number of hydrogen-bond donors (Lipinski definition) is 1. The van der Waals surface area contributed by atoms with E-state index in [9.17, 15) is 4.79 Å². The second-order valence-electron chi connectivity index (χ2n) is 4.51. The number of unbranched alkanes of at least 4 members (excludes halogenated alkanes) is 5. The summed E-state index contributed by atoms with van der Waals surface area (Å²) in [5, 5.41) is 0. The molecule has 0 radical (unpaired) electrons.